The first kappa shape index (κ1) is 80.8. The summed E-state index contributed by atoms with van der Waals surface area (Å²) in [6.45, 7) is 4.07. The second-order valence-electron chi connectivity index (χ2n) is 24.6. The third-order valence-electron chi connectivity index (χ3n) is 16.4. The lowest BCUT2D eigenvalue weighted by atomic mass is 10.0. The minimum Gasteiger partial charge on any atom is -0.462 e. The molecule has 0 aromatic heterocycles. The van der Waals surface area contributed by atoms with Crippen molar-refractivity contribution < 1.29 is 24.2 Å². The van der Waals surface area contributed by atoms with Crippen LogP contribution in [0.3, 0.4) is 0 Å². The predicted octanol–water partition coefficient (Wildman–Crippen LogP) is 25.8. The van der Waals surface area contributed by atoms with Crippen molar-refractivity contribution in [3.8, 4) is 0 Å². The molecule has 486 valence electrons. The van der Waals surface area contributed by atoms with Gasteiger partial charge in [0.05, 0.1) is 6.61 Å². The fourth-order valence-electron chi connectivity index (χ4n) is 10.9. The number of esters is 2. The Balaban J connectivity index is 3.43. The van der Waals surface area contributed by atoms with Crippen LogP contribution in [0.5, 0.6) is 0 Å². The molecule has 0 rings (SSSR count). The Labute approximate surface area is 523 Å². The molecular formula is C79H140O5. The van der Waals surface area contributed by atoms with E-state index in [4.69, 9.17) is 9.47 Å². The summed E-state index contributed by atoms with van der Waals surface area (Å²) < 4.78 is 10.8. The molecule has 5 heteroatoms. The third kappa shape index (κ3) is 71.3. The van der Waals surface area contributed by atoms with Crippen molar-refractivity contribution in [3.05, 3.63) is 97.2 Å². The zero-order valence-corrected chi connectivity index (χ0v) is 55.9. The quantitative estimate of drug-likeness (QED) is 0.0373. The van der Waals surface area contributed by atoms with Crippen LogP contribution in [-0.2, 0) is 19.1 Å². The van der Waals surface area contributed by atoms with Gasteiger partial charge in [-0.3, -0.25) is 9.59 Å². The molecule has 0 saturated carbocycles. The van der Waals surface area contributed by atoms with E-state index >= 15 is 0 Å². The van der Waals surface area contributed by atoms with Crippen LogP contribution in [0.1, 0.15) is 373 Å². The van der Waals surface area contributed by atoms with E-state index in [1.54, 1.807) is 0 Å². The van der Waals surface area contributed by atoms with Crippen molar-refractivity contribution in [2.45, 2.75) is 380 Å². The van der Waals surface area contributed by atoms with Crippen molar-refractivity contribution in [2.75, 3.05) is 13.2 Å². The van der Waals surface area contributed by atoms with Crippen LogP contribution in [0.25, 0.3) is 0 Å². The summed E-state index contributed by atoms with van der Waals surface area (Å²) in [4.78, 5) is 24.7. The second kappa shape index (κ2) is 74.1. The van der Waals surface area contributed by atoms with E-state index < -0.39 is 6.10 Å². The summed E-state index contributed by atoms with van der Waals surface area (Å²) in [6.07, 6.45) is 106. The van der Waals surface area contributed by atoms with Crippen molar-refractivity contribution >= 4 is 11.9 Å². The molecule has 0 aliphatic rings. The van der Waals surface area contributed by atoms with Crippen LogP contribution in [0, 0.1) is 0 Å². The highest BCUT2D eigenvalue weighted by Gasteiger charge is 2.16. The third-order valence-corrected chi connectivity index (χ3v) is 16.4. The number of hydrogen-bond acceptors (Lipinski definition) is 5. The predicted molar refractivity (Wildman–Crippen MR) is 371 cm³/mol. The van der Waals surface area contributed by atoms with Crippen molar-refractivity contribution in [3.63, 3.8) is 0 Å². The molecule has 0 fully saturated rings. The summed E-state index contributed by atoms with van der Waals surface area (Å²) in [6, 6.07) is 0. The number of carbonyl (C=O) groups is 2. The summed E-state index contributed by atoms with van der Waals surface area (Å²) in [7, 11) is 0. The van der Waals surface area contributed by atoms with E-state index in [1.165, 1.54) is 263 Å². The Morgan fingerprint density at radius 3 is 0.786 bits per heavy atom. The highest BCUT2D eigenvalue weighted by atomic mass is 16.6. The van der Waals surface area contributed by atoms with Crippen LogP contribution in [-0.4, -0.2) is 36.4 Å². The van der Waals surface area contributed by atoms with Gasteiger partial charge >= 0.3 is 11.9 Å². The fourth-order valence-corrected chi connectivity index (χ4v) is 10.9. The maximum Gasteiger partial charge on any atom is 0.306 e. The van der Waals surface area contributed by atoms with Gasteiger partial charge in [0.15, 0.2) is 6.10 Å². The lowest BCUT2D eigenvalue weighted by molar-refractivity contribution is -0.161. The maximum atomic E-state index is 12.4. The molecule has 0 aliphatic carbocycles. The van der Waals surface area contributed by atoms with Gasteiger partial charge in [-0.15, -0.1) is 0 Å². The van der Waals surface area contributed by atoms with Crippen LogP contribution in [0.2, 0.25) is 0 Å². The molecule has 0 spiro atoms. The van der Waals surface area contributed by atoms with Gasteiger partial charge in [0.2, 0.25) is 0 Å². The molecule has 0 bridgehead atoms. The molecule has 0 radical (unpaired) electrons. The SMILES string of the molecule is CC/C=C\C/C=C\C/C=C\C/C=C\C/C=C\C/C=C\C/C=C\CCCCCCCCCCCCCCCCCCCC(=O)OC(CO)COC(=O)CCCCCCCCCCCCCCCCCCCCC/C=C\CCCCCCCCCC. The number of hydrogen-bond donors (Lipinski definition) is 1. The van der Waals surface area contributed by atoms with Gasteiger partial charge in [-0.05, 0) is 96.3 Å². The molecule has 0 aliphatic heterocycles. The number of aliphatic hydroxyl groups excluding tert-OH is 1. The summed E-state index contributed by atoms with van der Waals surface area (Å²) >= 11 is 0. The lowest BCUT2D eigenvalue weighted by Crippen LogP contribution is -2.28. The first-order chi connectivity index (χ1) is 41.6. The number of unbranched alkanes of at least 4 members (excludes halogenated alkanes) is 44. The topological polar surface area (TPSA) is 72.8 Å². The first-order valence-electron chi connectivity index (χ1n) is 36.8. The summed E-state index contributed by atoms with van der Waals surface area (Å²) in [5.41, 5.74) is 0. The van der Waals surface area contributed by atoms with E-state index in [0.717, 1.165) is 83.5 Å². The fraction of sp³-hybridized carbons (Fsp3) is 0.772. The Morgan fingerprint density at radius 2 is 0.512 bits per heavy atom. The van der Waals surface area contributed by atoms with E-state index in [0.29, 0.717) is 12.8 Å². The molecule has 1 unspecified atom stereocenters. The van der Waals surface area contributed by atoms with Gasteiger partial charge in [-0.2, -0.15) is 0 Å². The van der Waals surface area contributed by atoms with Gasteiger partial charge in [-0.25, -0.2) is 0 Å². The summed E-state index contributed by atoms with van der Waals surface area (Å²) in [5.74, 6) is -0.573. The van der Waals surface area contributed by atoms with Crippen molar-refractivity contribution in [2.24, 2.45) is 0 Å². The molecule has 84 heavy (non-hydrogen) atoms. The van der Waals surface area contributed by atoms with Gasteiger partial charge < -0.3 is 14.6 Å². The average Bonchev–Trinajstić information content (AvgIpc) is 3.51. The lowest BCUT2D eigenvalue weighted by Gasteiger charge is -2.15. The van der Waals surface area contributed by atoms with Gasteiger partial charge in [0, 0.05) is 12.8 Å². The summed E-state index contributed by atoms with van der Waals surface area (Å²) in [5, 5.41) is 9.71. The highest BCUT2D eigenvalue weighted by molar-refractivity contribution is 5.70. The largest absolute Gasteiger partial charge is 0.462 e. The number of aliphatic hydroxyl groups is 1. The highest BCUT2D eigenvalue weighted by Crippen LogP contribution is 2.18. The van der Waals surface area contributed by atoms with Crippen molar-refractivity contribution in [1.29, 1.82) is 0 Å². The molecule has 0 aromatic carbocycles. The van der Waals surface area contributed by atoms with Crippen LogP contribution in [0.4, 0.5) is 0 Å². The zero-order chi connectivity index (χ0) is 60.5. The molecule has 0 aromatic rings. The van der Waals surface area contributed by atoms with Crippen molar-refractivity contribution in [1.82, 2.24) is 0 Å². The van der Waals surface area contributed by atoms with E-state index in [1.807, 2.05) is 0 Å². The molecular weight excluding hydrogens is 1030 g/mol. The smallest absolute Gasteiger partial charge is 0.306 e. The monoisotopic (exact) mass is 1170 g/mol. The number of ether oxygens (including phenoxy) is 2. The normalized spacial score (nSPS) is 12.8. The zero-order valence-electron chi connectivity index (χ0n) is 55.9. The average molecular weight is 1170 g/mol. The molecule has 1 N–H and O–H groups in total. The Kier molecular flexibility index (Phi) is 71.3. The standard InChI is InChI=1S/C79H140O5/c1-3-5-7-9-11-13-15-17-19-21-23-25-27-29-31-33-35-36-37-38-39-40-41-42-44-46-48-50-52-54-56-58-60-62-64-66-68-70-72-74-79(82)84-77(75-80)76-83-78(81)73-71-69-67-65-63-61-59-57-55-53-51-49-47-45-43-34-32-30-28-26-24-22-20-18-16-14-12-10-8-6-4-2/h5,7,11,13,17,19,22-25,29,31,35-36,38-39,77,80H,3-4,6,8-10,12,14-16,18,20-21,26-28,30,32-34,37,40-76H2,1-2H3/b7-5-,13-11-,19-17-,24-22-,25-23-,31-29-,36-35-,39-38-. The maximum absolute atomic E-state index is 12.4. The molecule has 5 nitrogen and oxygen atoms in total. The number of carbonyl (C=O) groups excluding carboxylic acids is 2. The Bertz CT molecular complexity index is 1560. The molecule has 0 saturated heterocycles. The van der Waals surface area contributed by atoms with E-state index in [9.17, 15) is 14.7 Å². The Morgan fingerprint density at radius 1 is 0.286 bits per heavy atom. The van der Waals surface area contributed by atoms with Crippen LogP contribution < -0.4 is 0 Å². The molecule has 1 atom stereocenters. The second-order valence-corrected chi connectivity index (χ2v) is 24.6. The molecule has 0 amide bonds. The van der Waals surface area contributed by atoms with Gasteiger partial charge in [-0.1, -0.05) is 361 Å². The minimum atomic E-state index is -0.775. The van der Waals surface area contributed by atoms with Gasteiger partial charge in [0.1, 0.15) is 6.61 Å². The first-order valence-corrected chi connectivity index (χ1v) is 36.8. The number of allylic oxidation sites excluding steroid dienone is 16. The molecule has 0 heterocycles. The van der Waals surface area contributed by atoms with Crippen LogP contribution in [0.15, 0.2) is 97.2 Å². The number of rotatable bonds is 68. The van der Waals surface area contributed by atoms with E-state index in [-0.39, 0.29) is 25.2 Å². The van der Waals surface area contributed by atoms with Crippen LogP contribution >= 0.6 is 0 Å². The van der Waals surface area contributed by atoms with Gasteiger partial charge in [0.25, 0.3) is 0 Å². The van der Waals surface area contributed by atoms with E-state index in [2.05, 4.69) is 111 Å². The Hall–Kier alpha value is -3.18. The minimum absolute atomic E-state index is 0.0636.